The number of hydrogen-bond donors (Lipinski definition) is 1. The fourth-order valence-corrected chi connectivity index (χ4v) is 4.43. The molecule has 0 spiro atoms. The Balaban J connectivity index is 0.00000280. The van der Waals surface area contributed by atoms with E-state index in [0.29, 0.717) is 45.0 Å². The minimum absolute atomic E-state index is 0. The molecule has 1 atom stereocenters. The molecule has 3 rings (SSSR count). The minimum atomic E-state index is -3.63. The second-order valence-electron chi connectivity index (χ2n) is 7.22. The lowest BCUT2D eigenvalue weighted by atomic mass is 10.0. The van der Waals surface area contributed by atoms with Crippen LogP contribution < -0.4 is 10.6 Å². The molecule has 2 aliphatic rings. The minimum Gasteiger partial charge on any atom is -0.378 e. The van der Waals surface area contributed by atoms with E-state index in [1.54, 1.807) is 17.0 Å². The van der Waals surface area contributed by atoms with Gasteiger partial charge in [0.1, 0.15) is 0 Å². The van der Waals surface area contributed by atoms with E-state index in [1.165, 1.54) is 20.2 Å². The Kier molecular flexibility index (Phi) is 7.69. The van der Waals surface area contributed by atoms with Crippen molar-refractivity contribution < 1.29 is 17.9 Å². The molecule has 2 heterocycles. The van der Waals surface area contributed by atoms with Crippen molar-refractivity contribution in [2.45, 2.75) is 23.8 Å². The number of carbonyl (C=O) groups excluding carboxylic acids is 1. The van der Waals surface area contributed by atoms with Crippen molar-refractivity contribution in [1.82, 2.24) is 9.21 Å². The van der Waals surface area contributed by atoms with Gasteiger partial charge < -0.3 is 20.3 Å². The van der Waals surface area contributed by atoms with Gasteiger partial charge in [0, 0.05) is 52.0 Å². The van der Waals surface area contributed by atoms with E-state index in [-0.39, 0.29) is 29.3 Å². The predicted molar refractivity (Wildman–Crippen MR) is 111 cm³/mol. The lowest BCUT2D eigenvalue weighted by Crippen LogP contribution is -2.46. The quantitative estimate of drug-likeness (QED) is 0.754. The Morgan fingerprint density at radius 2 is 1.89 bits per heavy atom. The van der Waals surface area contributed by atoms with Crippen LogP contribution in [0, 0.1) is 0 Å². The maximum Gasteiger partial charge on any atom is 0.256 e. The Morgan fingerprint density at radius 1 is 1.21 bits per heavy atom. The van der Waals surface area contributed by atoms with E-state index < -0.39 is 10.0 Å². The maximum atomic E-state index is 13.3. The molecule has 1 aromatic carbocycles. The fourth-order valence-electron chi connectivity index (χ4n) is 3.50. The Bertz CT molecular complexity index is 797. The zero-order valence-corrected chi connectivity index (χ0v) is 18.0. The number of morpholine rings is 1. The van der Waals surface area contributed by atoms with E-state index in [0.717, 1.165) is 22.8 Å². The number of benzene rings is 1. The summed E-state index contributed by atoms with van der Waals surface area (Å²) in [5.41, 5.74) is 7.20. The largest absolute Gasteiger partial charge is 0.378 e. The number of sulfonamides is 1. The summed E-state index contributed by atoms with van der Waals surface area (Å²) in [7, 11) is -0.662. The highest BCUT2D eigenvalue weighted by atomic mass is 35.5. The predicted octanol–water partition coefficient (Wildman–Crippen LogP) is 0.759. The average Bonchev–Trinajstić information content (AvgIpc) is 2.67. The van der Waals surface area contributed by atoms with Crippen LogP contribution in [0.4, 0.5) is 5.69 Å². The summed E-state index contributed by atoms with van der Waals surface area (Å²) in [6.07, 6.45) is 1.75. The number of nitrogens with zero attached hydrogens (tertiary/aromatic N) is 3. The van der Waals surface area contributed by atoms with E-state index in [1.807, 2.05) is 0 Å². The highest BCUT2D eigenvalue weighted by Crippen LogP contribution is 2.28. The first kappa shape index (κ1) is 22.9. The van der Waals surface area contributed by atoms with Crippen molar-refractivity contribution in [2.24, 2.45) is 5.73 Å². The molecule has 158 valence electrons. The summed E-state index contributed by atoms with van der Waals surface area (Å²) >= 11 is 0. The zero-order chi connectivity index (χ0) is 19.6. The molecule has 10 heteroatoms. The fraction of sp³-hybridized carbons (Fsp3) is 0.611. The number of amides is 1. The Hall–Kier alpha value is -1.39. The van der Waals surface area contributed by atoms with Gasteiger partial charge in [-0.05, 0) is 31.0 Å². The molecule has 2 aliphatic heterocycles. The van der Waals surface area contributed by atoms with E-state index >= 15 is 0 Å². The molecule has 0 aromatic heterocycles. The number of nitrogens with two attached hydrogens (primary N) is 1. The van der Waals surface area contributed by atoms with Crippen LogP contribution in [0.15, 0.2) is 23.1 Å². The van der Waals surface area contributed by atoms with Crippen LogP contribution >= 0.6 is 12.4 Å². The first-order chi connectivity index (χ1) is 12.8. The highest BCUT2D eigenvalue weighted by Gasteiger charge is 2.28. The summed E-state index contributed by atoms with van der Waals surface area (Å²) in [6, 6.07) is 4.77. The van der Waals surface area contributed by atoms with Crippen molar-refractivity contribution in [1.29, 1.82) is 0 Å². The molecule has 8 nitrogen and oxygen atoms in total. The molecule has 1 amide bonds. The zero-order valence-electron chi connectivity index (χ0n) is 16.3. The lowest BCUT2D eigenvalue weighted by Gasteiger charge is -2.34. The van der Waals surface area contributed by atoms with Gasteiger partial charge >= 0.3 is 0 Å². The van der Waals surface area contributed by atoms with Gasteiger partial charge in [-0.1, -0.05) is 0 Å². The van der Waals surface area contributed by atoms with Gasteiger partial charge in [-0.3, -0.25) is 4.79 Å². The molecule has 0 saturated carbocycles. The number of piperidine rings is 1. The topological polar surface area (TPSA) is 96.2 Å². The molecule has 0 radical (unpaired) electrons. The van der Waals surface area contributed by atoms with Crippen LogP contribution in [0.25, 0.3) is 0 Å². The van der Waals surface area contributed by atoms with Crippen molar-refractivity contribution in [3.05, 3.63) is 23.8 Å². The number of ether oxygens (including phenoxy) is 1. The second-order valence-corrected chi connectivity index (χ2v) is 9.37. The number of hydrogen-bond acceptors (Lipinski definition) is 6. The molecular formula is C18H29ClN4O4S. The van der Waals surface area contributed by atoms with Crippen LogP contribution in [0.2, 0.25) is 0 Å². The van der Waals surface area contributed by atoms with Crippen LogP contribution in [-0.4, -0.2) is 83.1 Å². The van der Waals surface area contributed by atoms with Crippen molar-refractivity contribution in [3.63, 3.8) is 0 Å². The van der Waals surface area contributed by atoms with Crippen LogP contribution in [-0.2, 0) is 14.8 Å². The Labute approximate surface area is 173 Å². The molecule has 2 saturated heterocycles. The normalized spacial score (nSPS) is 20.8. The molecule has 28 heavy (non-hydrogen) atoms. The SMILES string of the molecule is CN(C)S(=O)(=O)c1ccc(N2CCOCC2)c(C(=O)N2CCCC(N)C2)c1.Cl. The van der Waals surface area contributed by atoms with Crippen LogP contribution in [0.5, 0.6) is 0 Å². The van der Waals surface area contributed by atoms with Gasteiger partial charge in [0.2, 0.25) is 10.0 Å². The number of rotatable bonds is 4. The van der Waals surface area contributed by atoms with E-state index in [2.05, 4.69) is 4.90 Å². The van der Waals surface area contributed by atoms with Crippen molar-refractivity contribution in [3.8, 4) is 0 Å². The Morgan fingerprint density at radius 3 is 2.50 bits per heavy atom. The average molecular weight is 433 g/mol. The molecule has 1 unspecified atom stereocenters. The van der Waals surface area contributed by atoms with Gasteiger partial charge in [-0.25, -0.2) is 12.7 Å². The lowest BCUT2D eigenvalue weighted by molar-refractivity contribution is 0.0708. The summed E-state index contributed by atoms with van der Waals surface area (Å²) in [5.74, 6) is -0.164. The van der Waals surface area contributed by atoms with Crippen molar-refractivity contribution in [2.75, 3.05) is 58.4 Å². The van der Waals surface area contributed by atoms with Gasteiger partial charge in [-0.15, -0.1) is 12.4 Å². The van der Waals surface area contributed by atoms with Gasteiger partial charge in [0.05, 0.1) is 23.7 Å². The monoisotopic (exact) mass is 432 g/mol. The van der Waals surface area contributed by atoms with Crippen LogP contribution in [0.1, 0.15) is 23.2 Å². The standard InChI is InChI=1S/C18H28N4O4S.ClH/c1-20(2)27(24,25)15-5-6-17(21-8-10-26-11-9-21)16(12-15)18(23)22-7-3-4-14(19)13-22;/h5-6,12,14H,3-4,7-11,13,19H2,1-2H3;1H. The molecule has 2 N–H and O–H groups in total. The third-order valence-electron chi connectivity index (χ3n) is 5.07. The van der Waals surface area contributed by atoms with E-state index in [4.69, 9.17) is 10.5 Å². The molecule has 0 bridgehead atoms. The molecular weight excluding hydrogens is 404 g/mol. The summed E-state index contributed by atoms with van der Waals surface area (Å²) in [5, 5.41) is 0. The van der Waals surface area contributed by atoms with Gasteiger partial charge in [0.15, 0.2) is 0 Å². The second kappa shape index (κ2) is 9.41. The third-order valence-corrected chi connectivity index (χ3v) is 6.88. The number of halogens is 1. The molecule has 0 aliphatic carbocycles. The molecule has 2 fully saturated rings. The highest BCUT2D eigenvalue weighted by molar-refractivity contribution is 7.89. The number of carbonyl (C=O) groups is 1. The first-order valence-electron chi connectivity index (χ1n) is 9.25. The van der Waals surface area contributed by atoms with Gasteiger partial charge in [-0.2, -0.15) is 0 Å². The molecule has 1 aromatic rings. The van der Waals surface area contributed by atoms with Gasteiger partial charge in [0.25, 0.3) is 5.91 Å². The summed E-state index contributed by atoms with van der Waals surface area (Å²) < 4.78 is 31.7. The smallest absolute Gasteiger partial charge is 0.256 e. The van der Waals surface area contributed by atoms with Crippen molar-refractivity contribution >= 4 is 34.0 Å². The summed E-state index contributed by atoms with van der Waals surface area (Å²) in [6.45, 7) is 3.63. The summed E-state index contributed by atoms with van der Waals surface area (Å²) in [4.78, 5) is 17.2. The number of likely N-dealkylation sites (tertiary alicyclic amines) is 1. The number of anilines is 1. The maximum absolute atomic E-state index is 13.3. The van der Waals surface area contributed by atoms with E-state index in [9.17, 15) is 13.2 Å². The van der Waals surface area contributed by atoms with Crippen LogP contribution in [0.3, 0.4) is 0 Å². The third kappa shape index (κ3) is 4.77. The first-order valence-corrected chi connectivity index (χ1v) is 10.7.